The van der Waals surface area contributed by atoms with Gasteiger partial charge in [0.2, 0.25) is 0 Å². The van der Waals surface area contributed by atoms with Gasteiger partial charge in [0, 0.05) is 12.1 Å². The number of nitro benzene ring substituents is 1. The van der Waals surface area contributed by atoms with E-state index >= 15 is 0 Å². The van der Waals surface area contributed by atoms with Crippen LogP contribution in [0.4, 0.5) is 11.4 Å². The van der Waals surface area contributed by atoms with Gasteiger partial charge in [-0.2, -0.15) is 0 Å². The van der Waals surface area contributed by atoms with E-state index in [1.807, 2.05) is 18.2 Å². The van der Waals surface area contributed by atoms with Crippen LogP contribution in [0.3, 0.4) is 0 Å². The van der Waals surface area contributed by atoms with Gasteiger partial charge in [0.05, 0.1) is 35.8 Å². The van der Waals surface area contributed by atoms with Gasteiger partial charge in [0.15, 0.2) is 5.11 Å². The van der Waals surface area contributed by atoms with Gasteiger partial charge in [-0.3, -0.25) is 10.1 Å². The molecule has 1 heterocycles. The quantitative estimate of drug-likeness (QED) is 0.478. The number of non-ortho nitro benzene ring substituents is 1. The Balaban J connectivity index is 1.84. The molecule has 0 radical (unpaired) electrons. The van der Waals surface area contributed by atoms with Crippen LogP contribution < -0.4 is 10.2 Å². The predicted molar refractivity (Wildman–Crippen MR) is 107 cm³/mol. The maximum absolute atomic E-state index is 11.0. The molecule has 0 aromatic heterocycles. The molecule has 0 saturated carbocycles. The highest BCUT2D eigenvalue weighted by atomic mass is 35.5. The maximum Gasteiger partial charge on any atom is 0.271 e. The number of quaternary nitrogens is 1. The van der Waals surface area contributed by atoms with Crippen molar-refractivity contribution in [2.24, 2.45) is 0 Å². The molecular formula is C18H20ClN4O2S+. The molecule has 0 aliphatic carbocycles. The average molecular weight is 392 g/mol. The van der Waals surface area contributed by atoms with Crippen molar-refractivity contribution in [1.82, 2.24) is 4.90 Å². The fourth-order valence-corrected chi connectivity index (χ4v) is 3.63. The summed E-state index contributed by atoms with van der Waals surface area (Å²) in [7, 11) is 2.17. The lowest BCUT2D eigenvalue weighted by Gasteiger charge is -2.39. The van der Waals surface area contributed by atoms with Gasteiger partial charge in [-0.25, -0.2) is 0 Å². The summed E-state index contributed by atoms with van der Waals surface area (Å²) in [4.78, 5) is 14.1. The second kappa shape index (κ2) is 7.99. The van der Waals surface area contributed by atoms with Crippen molar-refractivity contribution < 1.29 is 9.82 Å². The number of halogens is 1. The topological polar surface area (TPSA) is 62.8 Å². The molecule has 1 unspecified atom stereocenters. The van der Waals surface area contributed by atoms with Gasteiger partial charge in [-0.15, -0.1) is 0 Å². The van der Waals surface area contributed by atoms with E-state index in [4.69, 9.17) is 23.8 Å². The lowest BCUT2D eigenvalue weighted by atomic mass is 10.0. The lowest BCUT2D eigenvalue weighted by Crippen LogP contribution is -3.12. The molecule has 1 aliphatic heterocycles. The highest BCUT2D eigenvalue weighted by Gasteiger charge is 2.31. The Kier molecular flexibility index (Phi) is 5.70. The summed E-state index contributed by atoms with van der Waals surface area (Å²) < 4.78 is 0. The molecule has 26 heavy (non-hydrogen) atoms. The van der Waals surface area contributed by atoms with E-state index in [0.717, 1.165) is 19.6 Å². The molecule has 2 aromatic rings. The zero-order valence-electron chi connectivity index (χ0n) is 14.3. The zero-order chi connectivity index (χ0) is 18.7. The third kappa shape index (κ3) is 4.12. The van der Waals surface area contributed by atoms with Crippen LogP contribution >= 0.6 is 23.8 Å². The van der Waals surface area contributed by atoms with E-state index in [1.165, 1.54) is 28.7 Å². The largest absolute Gasteiger partial charge is 0.334 e. The predicted octanol–water partition coefficient (Wildman–Crippen LogP) is 2.52. The fourth-order valence-electron chi connectivity index (χ4n) is 3.14. The minimum absolute atomic E-state index is 0.0258. The van der Waals surface area contributed by atoms with Gasteiger partial charge < -0.3 is 15.1 Å². The first-order valence-electron chi connectivity index (χ1n) is 8.33. The van der Waals surface area contributed by atoms with Crippen molar-refractivity contribution in [3.05, 3.63) is 69.2 Å². The first-order valence-corrected chi connectivity index (χ1v) is 9.12. The summed E-state index contributed by atoms with van der Waals surface area (Å²) in [6, 6.07) is 14.7. The molecule has 0 spiro atoms. The van der Waals surface area contributed by atoms with Gasteiger partial charge in [0.1, 0.15) is 12.6 Å². The molecule has 6 nitrogen and oxygen atoms in total. The van der Waals surface area contributed by atoms with E-state index in [0.29, 0.717) is 15.8 Å². The minimum Gasteiger partial charge on any atom is -0.334 e. The van der Waals surface area contributed by atoms with Gasteiger partial charge in [0.25, 0.3) is 5.69 Å². The number of likely N-dealkylation sites (N-methyl/N-ethyl adjacent to an activating group) is 1. The smallest absolute Gasteiger partial charge is 0.271 e. The third-order valence-electron chi connectivity index (χ3n) is 4.55. The van der Waals surface area contributed by atoms with Crippen molar-refractivity contribution in [1.29, 1.82) is 0 Å². The number of hydrogen-bond donors (Lipinski definition) is 2. The lowest BCUT2D eigenvalue weighted by molar-refractivity contribution is -0.887. The van der Waals surface area contributed by atoms with Crippen LogP contribution in [-0.2, 0) is 0 Å². The van der Waals surface area contributed by atoms with E-state index in [-0.39, 0.29) is 11.7 Å². The first kappa shape index (κ1) is 18.6. The second-order valence-corrected chi connectivity index (χ2v) is 7.18. The molecule has 0 amide bonds. The standard InChI is InChI=1S/C18H19ClN4O2S/c1-21-9-10-22(17(12-21)13-5-3-2-4-6-13)18(26)20-16-11-14(23(24)25)7-8-15(16)19/h2-8,11,17H,9-10,12H2,1H3,(H,20,26)/p+1/t17-/m1/s1. The number of rotatable bonds is 3. The molecule has 8 heteroatoms. The van der Waals surface area contributed by atoms with Crippen molar-refractivity contribution in [3.8, 4) is 0 Å². The Morgan fingerprint density at radius 2 is 2.08 bits per heavy atom. The summed E-state index contributed by atoms with van der Waals surface area (Å²) in [5.74, 6) is 0. The van der Waals surface area contributed by atoms with Crippen LogP contribution in [0.1, 0.15) is 11.6 Å². The van der Waals surface area contributed by atoms with E-state index in [2.05, 4.69) is 29.4 Å². The zero-order valence-corrected chi connectivity index (χ0v) is 15.9. The second-order valence-electron chi connectivity index (χ2n) is 6.38. The normalized spacial score (nSPS) is 19.8. The molecule has 2 atom stereocenters. The number of hydrogen-bond acceptors (Lipinski definition) is 3. The van der Waals surface area contributed by atoms with Crippen LogP contribution in [0.15, 0.2) is 48.5 Å². The fraction of sp³-hybridized carbons (Fsp3) is 0.278. The molecule has 1 aliphatic rings. The van der Waals surface area contributed by atoms with Gasteiger partial charge >= 0.3 is 0 Å². The number of nitrogens with zero attached hydrogens (tertiary/aromatic N) is 2. The Morgan fingerprint density at radius 1 is 1.35 bits per heavy atom. The number of thiocarbonyl (C=S) groups is 1. The highest BCUT2D eigenvalue weighted by Crippen LogP contribution is 2.28. The van der Waals surface area contributed by atoms with Crippen LogP contribution in [0.25, 0.3) is 0 Å². The number of nitrogens with one attached hydrogen (secondary N) is 2. The SMILES string of the molecule is C[NH+]1CCN(C(=S)Nc2cc([N+](=O)[O-])ccc2Cl)[C@@H](c2ccccc2)C1. The summed E-state index contributed by atoms with van der Waals surface area (Å²) in [6.45, 7) is 2.69. The number of piperazine rings is 1. The molecule has 2 aromatic carbocycles. The van der Waals surface area contributed by atoms with Crippen molar-refractivity contribution in [3.63, 3.8) is 0 Å². The van der Waals surface area contributed by atoms with Gasteiger partial charge in [-0.05, 0) is 23.8 Å². The number of anilines is 1. The number of nitro groups is 1. The first-order chi connectivity index (χ1) is 12.5. The summed E-state index contributed by atoms with van der Waals surface area (Å²) in [5.41, 5.74) is 1.62. The molecular weight excluding hydrogens is 372 g/mol. The van der Waals surface area contributed by atoms with Crippen LogP contribution in [-0.4, -0.2) is 41.6 Å². The Morgan fingerprint density at radius 3 is 2.77 bits per heavy atom. The molecule has 1 fully saturated rings. The Bertz CT molecular complexity index is 818. The molecule has 2 N–H and O–H groups in total. The van der Waals surface area contributed by atoms with Crippen LogP contribution in [0.5, 0.6) is 0 Å². The highest BCUT2D eigenvalue weighted by molar-refractivity contribution is 7.80. The van der Waals surface area contributed by atoms with E-state index in [9.17, 15) is 10.1 Å². The third-order valence-corrected chi connectivity index (χ3v) is 5.21. The Hall–Kier alpha value is -2.22. The summed E-state index contributed by atoms with van der Waals surface area (Å²) >= 11 is 11.8. The monoisotopic (exact) mass is 391 g/mol. The van der Waals surface area contributed by atoms with E-state index in [1.54, 1.807) is 0 Å². The summed E-state index contributed by atoms with van der Waals surface area (Å²) in [6.07, 6.45) is 0. The number of benzene rings is 2. The van der Waals surface area contributed by atoms with Crippen LogP contribution in [0.2, 0.25) is 5.02 Å². The summed E-state index contributed by atoms with van der Waals surface area (Å²) in [5, 5.41) is 15.0. The molecule has 3 rings (SSSR count). The van der Waals surface area contributed by atoms with Crippen LogP contribution in [0, 0.1) is 10.1 Å². The molecule has 1 saturated heterocycles. The van der Waals surface area contributed by atoms with Crippen molar-refractivity contribution >= 4 is 40.3 Å². The van der Waals surface area contributed by atoms with Crippen molar-refractivity contribution in [2.75, 3.05) is 32.0 Å². The maximum atomic E-state index is 11.0. The average Bonchev–Trinajstić information content (AvgIpc) is 2.64. The minimum atomic E-state index is -0.448. The van der Waals surface area contributed by atoms with E-state index < -0.39 is 4.92 Å². The molecule has 0 bridgehead atoms. The Labute approximate surface area is 162 Å². The molecule has 136 valence electrons. The van der Waals surface area contributed by atoms with Crippen molar-refractivity contribution in [2.45, 2.75) is 6.04 Å². The van der Waals surface area contributed by atoms with Gasteiger partial charge in [-0.1, -0.05) is 41.9 Å².